The number of alkyl halides is 3. The van der Waals surface area contributed by atoms with Gasteiger partial charge in [0.2, 0.25) is 0 Å². The molecule has 0 unspecified atom stereocenters. The van der Waals surface area contributed by atoms with Gasteiger partial charge in [-0.25, -0.2) is 4.39 Å². The third kappa shape index (κ3) is 4.41. The van der Waals surface area contributed by atoms with Gasteiger partial charge in [0.1, 0.15) is 11.6 Å². The molecule has 0 saturated heterocycles. The molecule has 2 aromatic carbocycles. The Morgan fingerprint density at radius 3 is 2.42 bits per heavy atom. The highest BCUT2D eigenvalue weighted by atomic mass is 19.4. The molecule has 2 rings (SSSR count). The van der Waals surface area contributed by atoms with Crippen LogP contribution >= 0.6 is 0 Å². The molecular formula is C17H13F4NO2. The maximum atomic E-state index is 13.2. The summed E-state index contributed by atoms with van der Waals surface area (Å²) in [6.07, 6.45) is -3.76. The van der Waals surface area contributed by atoms with Crippen LogP contribution in [0.3, 0.4) is 0 Å². The number of methoxy groups -OCH3 is 1. The normalized spacial score (nSPS) is 11.7. The smallest absolute Gasteiger partial charge is 0.419 e. The van der Waals surface area contributed by atoms with E-state index in [1.807, 2.05) is 0 Å². The molecule has 0 heterocycles. The van der Waals surface area contributed by atoms with Gasteiger partial charge in [0, 0.05) is 18.2 Å². The van der Waals surface area contributed by atoms with Gasteiger partial charge in [-0.15, -0.1) is 0 Å². The molecule has 0 fully saturated rings. The van der Waals surface area contributed by atoms with E-state index in [4.69, 9.17) is 4.74 Å². The fourth-order valence-electron chi connectivity index (χ4n) is 1.94. The number of carbonyl (C=O) groups excluding carboxylic acids is 1. The number of Topliss-reactive ketones (excluding diaryl/α,β-unsaturated/α-hetero) is 1. The monoisotopic (exact) mass is 338 g/mol. The van der Waals surface area contributed by atoms with Crippen LogP contribution in [-0.2, 0) is 6.18 Å². The molecule has 3 nitrogen and oxygen atoms in total. The predicted octanol–water partition coefficient (Wildman–Crippen LogP) is 4.83. The summed E-state index contributed by atoms with van der Waals surface area (Å²) in [4.78, 5) is 16.0. The van der Waals surface area contributed by atoms with Crippen molar-refractivity contribution in [3.63, 3.8) is 0 Å². The first kappa shape index (κ1) is 17.7. The van der Waals surface area contributed by atoms with Crippen molar-refractivity contribution < 1.29 is 27.1 Å². The van der Waals surface area contributed by atoms with E-state index in [9.17, 15) is 22.4 Å². The molecule has 0 bridgehead atoms. The zero-order valence-electron chi connectivity index (χ0n) is 12.6. The minimum absolute atomic E-state index is 0.199. The number of nitrogens with zero attached hydrogens (tertiary/aromatic N) is 1. The van der Waals surface area contributed by atoms with E-state index in [-0.39, 0.29) is 12.0 Å². The summed E-state index contributed by atoms with van der Waals surface area (Å²) >= 11 is 0. The molecule has 7 heteroatoms. The maximum absolute atomic E-state index is 13.2. The van der Waals surface area contributed by atoms with Gasteiger partial charge in [-0.3, -0.25) is 9.79 Å². The van der Waals surface area contributed by atoms with Crippen molar-refractivity contribution >= 4 is 17.7 Å². The summed E-state index contributed by atoms with van der Waals surface area (Å²) in [6.45, 7) is 0. The minimum Gasteiger partial charge on any atom is -0.497 e. The third-order valence-corrected chi connectivity index (χ3v) is 3.18. The third-order valence-electron chi connectivity index (χ3n) is 3.18. The topological polar surface area (TPSA) is 38.7 Å². The molecule has 126 valence electrons. The molecule has 0 aliphatic carbocycles. The molecule has 0 saturated carbocycles. The van der Waals surface area contributed by atoms with Crippen LogP contribution in [0.4, 0.5) is 23.2 Å². The van der Waals surface area contributed by atoms with E-state index in [1.165, 1.54) is 13.3 Å². The second-order valence-corrected chi connectivity index (χ2v) is 4.83. The van der Waals surface area contributed by atoms with Crippen LogP contribution in [0.15, 0.2) is 47.5 Å². The lowest BCUT2D eigenvalue weighted by Gasteiger charge is -2.09. The number of ketones is 1. The predicted molar refractivity (Wildman–Crippen MR) is 81.5 cm³/mol. The Morgan fingerprint density at radius 1 is 1.17 bits per heavy atom. The summed E-state index contributed by atoms with van der Waals surface area (Å²) in [5, 5.41) is 0. The summed E-state index contributed by atoms with van der Waals surface area (Å²) < 4.78 is 56.1. The van der Waals surface area contributed by atoms with E-state index in [1.54, 1.807) is 24.3 Å². The van der Waals surface area contributed by atoms with Crippen molar-refractivity contribution in [3.05, 3.63) is 59.4 Å². The largest absolute Gasteiger partial charge is 0.497 e. The number of hydrogen-bond acceptors (Lipinski definition) is 3. The van der Waals surface area contributed by atoms with Crippen LogP contribution in [0.2, 0.25) is 0 Å². The van der Waals surface area contributed by atoms with Crippen molar-refractivity contribution in [2.75, 3.05) is 7.11 Å². The second-order valence-electron chi connectivity index (χ2n) is 4.83. The highest BCUT2D eigenvalue weighted by Gasteiger charge is 2.34. The van der Waals surface area contributed by atoms with Gasteiger partial charge < -0.3 is 4.74 Å². The van der Waals surface area contributed by atoms with Crippen LogP contribution in [0.25, 0.3) is 0 Å². The fourth-order valence-corrected chi connectivity index (χ4v) is 1.94. The van der Waals surface area contributed by atoms with Gasteiger partial charge >= 0.3 is 6.18 Å². The summed E-state index contributed by atoms with van der Waals surface area (Å²) in [5.41, 5.74) is -1.11. The molecule has 0 N–H and O–H groups in total. The Morgan fingerprint density at radius 2 is 1.83 bits per heavy atom. The van der Waals surface area contributed by atoms with E-state index in [0.717, 1.165) is 6.07 Å². The molecule has 0 aliphatic heterocycles. The van der Waals surface area contributed by atoms with Crippen LogP contribution in [0, 0.1) is 5.82 Å². The lowest BCUT2D eigenvalue weighted by atomic mass is 10.0. The summed E-state index contributed by atoms with van der Waals surface area (Å²) in [6, 6.07) is 8.87. The Kier molecular flexibility index (Phi) is 5.33. The van der Waals surface area contributed by atoms with E-state index < -0.39 is 23.3 Å². The zero-order valence-corrected chi connectivity index (χ0v) is 12.6. The van der Waals surface area contributed by atoms with Crippen molar-refractivity contribution in [3.8, 4) is 5.75 Å². The van der Waals surface area contributed by atoms with Gasteiger partial charge in [0.05, 0.1) is 18.4 Å². The SMILES string of the molecule is COc1ccc(N=CCC(=O)c2ccc([18F])c(C(F)(F)F)c2)cc1. The molecule has 0 atom stereocenters. The molecule has 2 aromatic rings. The quantitative estimate of drug-likeness (QED) is 0.445. The Balaban J connectivity index is 2.08. The average Bonchev–Trinajstić information content (AvgIpc) is 2.54. The van der Waals surface area contributed by atoms with Gasteiger partial charge in [0.25, 0.3) is 0 Å². The molecule has 24 heavy (non-hydrogen) atoms. The van der Waals surface area contributed by atoms with Crippen molar-refractivity contribution in [1.29, 1.82) is 0 Å². The zero-order chi connectivity index (χ0) is 17.7. The lowest BCUT2D eigenvalue weighted by Crippen LogP contribution is -2.10. The highest BCUT2D eigenvalue weighted by molar-refractivity contribution is 6.04. The summed E-state index contributed by atoms with van der Waals surface area (Å²) in [7, 11) is 1.52. The second kappa shape index (κ2) is 7.25. The number of benzene rings is 2. The minimum atomic E-state index is -4.85. The van der Waals surface area contributed by atoms with Crippen LogP contribution in [0.5, 0.6) is 5.75 Å². The van der Waals surface area contributed by atoms with Crippen molar-refractivity contribution in [2.45, 2.75) is 12.6 Å². The van der Waals surface area contributed by atoms with Crippen molar-refractivity contribution in [1.82, 2.24) is 0 Å². The maximum Gasteiger partial charge on any atom is 0.419 e. The van der Waals surface area contributed by atoms with Gasteiger partial charge in [0.15, 0.2) is 5.78 Å². The number of rotatable bonds is 5. The molecule has 0 amide bonds. The van der Waals surface area contributed by atoms with E-state index in [2.05, 4.69) is 4.99 Å². The Bertz CT molecular complexity index is 752. The summed E-state index contributed by atoms with van der Waals surface area (Å²) in [5.74, 6) is -1.35. The molecule has 0 radical (unpaired) electrons. The number of hydrogen-bond donors (Lipinski definition) is 0. The van der Waals surface area contributed by atoms with Gasteiger partial charge in [-0.05, 0) is 42.5 Å². The Hall–Kier alpha value is -2.70. The standard InChI is InChI=1S/C17H13F4NO2/c1-24-13-5-3-12(4-6-13)22-9-8-16(23)11-2-7-15(18)14(10-11)17(19,20)21/h2-7,9-10H,8H2,1H3/i18-1. The molecule has 0 spiro atoms. The lowest BCUT2D eigenvalue weighted by molar-refractivity contribution is -0.140. The van der Waals surface area contributed by atoms with Crippen LogP contribution in [0.1, 0.15) is 22.3 Å². The van der Waals surface area contributed by atoms with Crippen LogP contribution in [-0.4, -0.2) is 19.1 Å². The van der Waals surface area contributed by atoms with Gasteiger partial charge in [-0.1, -0.05) is 0 Å². The van der Waals surface area contributed by atoms with Crippen molar-refractivity contribution in [2.24, 2.45) is 4.99 Å². The number of halogens is 4. The molecule has 0 aromatic heterocycles. The first-order valence-electron chi connectivity index (χ1n) is 6.88. The van der Waals surface area contributed by atoms with Gasteiger partial charge in [-0.2, -0.15) is 13.2 Å². The number of ether oxygens (including phenoxy) is 1. The fraction of sp³-hybridized carbons (Fsp3) is 0.176. The first-order chi connectivity index (χ1) is 11.3. The number of carbonyl (C=O) groups is 1. The highest BCUT2D eigenvalue weighted by Crippen LogP contribution is 2.32. The average molecular weight is 338 g/mol. The number of aliphatic imine (C=N–C) groups is 1. The van der Waals surface area contributed by atoms with E-state index >= 15 is 0 Å². The van der Waals surface area contributed by atoms with E-state index in [0.29, 0.717) is 23.6 Å². The molecular weight excluding hydrogens is 325 g/mol. The van der Waals surface area contributed by atoms with Crippen LogP contribution < -0.4 is 4.74 Å². The molecule has 0 aliphatic rings. The first-order valence-corrected chi connectivity index (χ1v) is 6.88. The Labute approximate surface area is 135 Å².